The van der Waals surface area contributed by atoms with Gasteiger partial charge in [0.15, 0.2) is 0 Å². The van der Waals surface area contributed by atoms with E-state index in [9.17, 15) is 22.7 Å². The van der Waals surface area contributed by atoms with Crippen LogP contribution in [0.15, 0.2) is 53.4 Å². The van der Waals surface area contributed by atoms with Crippen LogP contribution in [-0.2, 0) is 14.8 Å². The number of nitrogens with one attached hydrogen (secondary N) is 3. The fraction of sp³-hybridized carbons (Fsp3) is 0.381. The maximum atomic E-state index is 12.9. The van der Waals surface area contributed by atoms with Crippen molar-refractivity contribution in [1.29, 1.82) is 0 Å². The smallest absolute Gasteiger partial charge is 0.319 e. The van der Waals surface area contributed by atoms with E-state index in [2.05, 4.69) is 15.4 Å². The number of ether oxygens (including phenoxy) is 1. The number of rotatable bonds is 8. The highest BCUT2D eigenvalue weighted by Gasteiger charge is 2.33. The molecule has 0 saturated carbocycles. The number of benzene rings is 2. The van der Waals surface area contributed by atoms with Gasteiger partial charge in [0, 0.05) is 17.3 Å². The lowest BCUT2D eigenvalue weighted by Gasteiger charge is -2.36. The largest absolute Gasteiger partial charge is 0.394 e. The monoisotopic (exact) mass is 485 g/mol. The van der Waals surface area contributed by atoms with Crippen LogP contribution in [0.1, 0.15) is 19.3 Å². The normalized spacial score (nSPS) is 21.2. The van der Waals surface area contributed by atoms with Gasteiger partial charge in [-0.15, -0.1) is 0 Å². The number of aliphatic hydroxyl groups is 1. The lowest BCUT2D eigenvalue weighted by atomic mass is 9.98. The molecule has 1 saturated heterocycles. The van der Waals surface area contributed by atoms with E-state index in [1.54, 1.807) is 0 Å². The summed E-state index contributed by atoms with van der Waals surface area (Å²) >= 11 is 5.81. The Morgan fingerprint density at radius 2 is 1.81 bits per heavy atom. The third-order valence-electron chi connectivity index (χ3n) is 5.08. The highest BCUT2D eigenvalue weighted by atomic mass is 35.5. The molecule has 0 aromatic heterocycles. The van der Waals surface area contributed by atoms with E-state index in [4.69, 9.17) is 16.3 Å². The zero-order valence-electron chi connectivity index (χ0n) is 17.1. The minimum Gasteiger partial charge on any atom is -0.394 e. The summed E-state index contributed by atoms with van der Waals surface area (Å²) in [5.41, 5.74) is 0.467. The summed E-state index contributed by atoms with van der Waals surface area (Å²) in [6, 6.07) is 10.2. The maximum absolute atomic E-state index is 12.9. The minimum absolute atomic E-state index is 0.0806. The van der Waals surface area contributed by atoms with Gasteiger partial charge in [-0.05, 0) is 67.8 Å². The van der Waals surface area contributed by atoms with Gasteiger partial charge in [-0.1, -0.05) is 11.6 Å². The van der Waals surface area contributed by atoms with E-state index in [-0.39, 0.29) is 17.6 Å². The van der Waals surface area contributed by atoms with Crippen LogP contribution in [0, 0.1) is 5.82 Å². The van der Waals surface area contributed by atoms with Crippen LogP contribution in [0.4, 0.5) is 14.9 Å². The Morgan fingerprint density at radius 1 is 1.12 bits per heavy atom. The molecule has 0 radical (unpaired) electrons. The van der Waals surface area contributed by atoms with Gasteiger partial charge >= 0.3 is 6.03 Å². The number of carbonyl (C=O) groups is 1. The zero-order chi connectivity index (χ0) is 23.1. The van der Waals surface area contributed by atoms with E-state index in [0.29, 0.717) is 36.5 Å². The highest BCUT2D eigenvalue weighted by Crippen LogP contribution is 2.24. The molecule has 8 nitrogen and oxygen atoms in total. The molecule has 0 bridgehead atoms. The molecule has 2 aromatic rings. The molecule has 1 aliphatic rings. The third kappa shape index (κ3) is 6.88. The first kappa shape index (κ1) is 24.4. The Bertz CT molecular complexity index is 1010. The number of halogens is 2. The number of urea groups is 1. The van der Waals surface area contributed by atoms with Gasteiger partial charge in [0.25, 0.3) is 0 Å². The van der Waals surface area contributed by atoms with Crippen molar-refractivity contribution < 1.29 is 27.4 Å². The molecule has 0 spiro atoms. The second-order valence-corrected chi connectivity index (χ2v) is 9.57. The van der Waals surface area contributed by atoms with Crippen molar-refractivity contribution in [3.05, 3.63) is 59.4 Å². The summed E-state index contributed by atoms with van der Waals surface area (Å²) in [6.45, 7) is -0.0280. The van der Waals surface area contributed by atoms with E-state index in [1.165, 1.54) is 48.5 Å². The molecule has 32 heavy (non-hydrogen) atoms. The predicted molar refractivity (Wildman–Crippen MR) is 119 cm³/mol. The highest BCUT2D eigenvalue weighted by molar-refractivity contribution is 7.89. The first-order valence-electron chi connectivity index (χ1n) is 10.1. The van der Waals surface area contributed by atoms with Crippen LogP contribution in [-0.4, -0.2) is 51.0 Å². The molecule has 1 fully saturated rings. The lowest BCUT2D eigenvalue weighted by Crippen LogP contribution is -2.51. The van der Waals surface area contributed by atoms with Gasteiger partial charge in [0.2, 0.25) is 10.0 Å². The maximum Gasteiger partial charge on any atom is 0.319 e. The van der Waals surface area contributed by atoms with Gasteiger partial charge in [-0.2, -0.15) is 0 Å². The molecule has 174 valence electrons. The van der Waals surface area contributed by atoms with Gasteiger partial charge in [-0.3, -0.25) is 0 Å². The summed E-state index contributed by atoms with van der Waals surface area (Å²) in [6.07, 6.45) is 0.582. The van der Waals surface area contributed by atoms with Crippen LogP contribution in [0.5, 0.6) is 0 Å². The first-order valence-corrected chi connectivity index (χ1v) is 12.0. The third-order valence-corrected chi connectivity index (χ3v) is 6.84. The molecule has 2 amide bonds. The second-order valence-electron chi connectivity index (χ2n) is 7.41. The van der Waals surface area contributed by atoms with Crippen molar-refractivity contribution in [2.24, 2.45) is 0 Å². The molecule has 3 atom stereocenters. The number of hydrogen-bond donors (Lipinski definition) is 4. The Hall–Kier alpha value is -2.24. The van der Waals surface area contributed by atoms with Crippen molar-refractivity contribution in [3.63, 3.8) is 0 Å². The molecule has 1 heterocycles. The molecule has 11 heteroatoms. The first-order chi connectivity index (χ1) is 15.3. The minimum atomic E-state index is -3.79. The number of sulfonamides is 1. The molecular weight excluding hydrogens is 461 g/mol. The number of carbonyl (C=O) groups excluding carboxylic acids is 1. The standard InChI is InChI=1S/C21H25ClFN3O5S/c22-14-1-8-18(9-2-14)32(29,30)26-19-10-7-17(31-20(19)13-27)11-12-24-21(28)25-16-5-3-15(23)4-6-16/h1-6,8-9,17,19-20,26-27H,7,10-13H2,(H2,24,25,28)/t17-,19-,20-/m0/s1. The molecule has 1 aliphatic heterocycles. The lowest BCUT2D eigenvalue weighted by molar-refractivity contribution is -0.0871. The quantitative estimate of drug-likeness (QED) is 0.458. The van der Waals surface area contributed by atoms with Crippen molar-refractivity contribution in [3.8, 4) is 0 Å². The van der Waals surface area contributed by atoms with Crippen molar-refractivity contribution in [2.45, 2.75) is 42.4 Å². The van der Waals surface area contributed by atoms with Crippen LogP contribution in [0.2, 0.25) is 5.02 Å². The SMILES string of the molecule is O=C(NCC[C@@H]1CC[C@H](NS(=O)(=O)c2ccc(Cl)cc2)[C@H](CO)O1)Nc1ccc(F)cc1. The summed E-state index contributed by atoms with van der Waals surface area (Å²) in [7, 11) is -3.79. The molecule has 4 N–H and O–H groups in total. The summed E-state index contributed by atoms with van der Waals surface area (Å²) in [4.78, 5) is 12.0. The predicted octanol–water partition coefficient (Wildman–Crippen LogP) is 2.88. The number of anilines is 1. The van der Waals surface area contributed by atoms with Gasteiger partial charge in [0.05, 0.1) is 29.8 Å². The van der Waals surface area contributed by atoms with E-state index < -0.39 is 34.0 Å². The molecule has 2 aromatic carbocycles. The topological polar surface area (TPSA) is 117 Å². The van der Waals surface area contributed by atoms with E-state index in [1.807, 2.05) is 0 Å². The molecule has 3 rings (SSSR count). The second kappa shape index (κ2) is 11.1. The average molecular weight is 486 g/mol. The Labute approximate surface area is 191 Å². The zero-order valence-corrected chi connectivity index (χ0v) is 18.7. The van der Waals surface area contributed by atoms with Crippen LogP contribution in [0.3, 0.4) is 0 Å². The van der Waals surface area contributed by atoms with Gasteiger partial charge in [0.1, 0.15) is 5.82 Å². The molecule has 0 aliphatic carbocycles. The fourth-order valence-electron chi connectivity index (χ4n) is 3.42. The van der Waals surface area contributed by atoms with E-state index in [0.717, 1.165) is 0 Å². The Morgan fingerprint density at radius 3 is 2.47 bits per heavy atom. The van der Waals surface area contributed by atoms with Crippen LogP contribution in [0.25, 0.3) is 0 Å². The fourth-order valence-corrected chi connectivity index (χ4v) is 4.84. The summed E-state index contributed by atoms with van der Waals surface area (Å²) < 4.78 is 46.6. The Kier molecular flexibility index (Phi) is 8.44. The van der Waals surface area contributed by atoms with E-state index >= 15 is 0 Å². The van der Waals surface area contributed by atoms with Gasteiger partial charge < -0.3 is 20.5 Å². The molecular formula is C21H25ClFN3O5S. The van der Waals surface area contributed by atoms with Gasteiger partial charge in [-0.25, -0.2) is 22.3 Å². The van der Waals surface area contributed by atoms with Crippen LogP contribution < -0.4 is 15.4 Å². The van der Waals surface area contributed by atoms with Crippen LogP contribution >= 0.6 is 11.6 Å². The molecule has 0 unspecified atom stereocenters. The average Bonchev–Trinajstić information content (AvgIpc) is 2.76. The summed E-state index contributed by atoms with van der Waals surface area (Å²) in [5, 5.41) is 15.4. The van der Waals surface area contributed by atoms with Crippen molar-refractivity contribution in [1.82, 2.24) is 10.0 Å². The van der Waals surface area contributed by atoms with Crippen molar-refractivity contribution >= 4 is 33.3 Å². The van der Waals surface area contributed by atoms with Crippen molar-refractivity contribution in [2.75, 3.05) is 18.5 Å². The Balaban J connectivity index is 1.46. The number of hydrogen-bond acceptors (Lipinski definition) is 5. The number of amides is 2. The summed E-state index contributed by atoms with van der Waals surface area (Å²) in [5.74, 6) is -0.391. The number of aliphatic hydroxyl groups excluding tert-OH is 1.